The van der Waals surface area contributed by atoms with Crippen molar-refractivity contribution in [2.45, 2.75) is 4.90 Å². The molecular formula is C9H9N3O3S. The summed E-state index contributed by atoms with van der Waals surface area (Å²) < 4.78 is 26.6. The smallest absolute Gasteiger partial charge is 0.238 e. The van der Waals surface area contributed by atoms with Crippen LogP contribution in [0.5, 0.6) is 0 Å². The van der Waals surface area contributed by atoms with Crippen molar-refractivity contribution in [1.29, 1.82) is 0 Å². The minimum Gasteiger partial charge on any atom is -0.363 e. The molecule has 84 valence electrons. The molecule has 3 N–H and O–H groups in total. The molecule has 1 heterocycles. The summed E-state index contributed by atoms with van der Waals surface area (Å²) in [4.78, 5) is 0.0678. The number of anilines is 2. The van der Waals surface area contributed by atoms with Gasteiger partial charge in [-0.1, -0.05) is 5.16 Å². The standard InChI is InChI=1S/C9H9N3O3S/c10-16(13,14)8-3-1-7(2-4-8)11-9-5-6-15-12-9/h1-6H,(H,11,12)(H2,10,13,14). The third-order valence-electron chi connectivity index (χ3n) is 1.89. The SMILES string of the molecule is NS(=O)(=O)c1ccc(Nc2ccon2)cc1. The van der Waals surface area contributed by atoms with Gasteiger partial charge >= 0.3 is 0 Å². The summed E-state index contributed by atoms with van der Waals surface area (Å²) >= 11 is 0. The van der Waals surface area contributed by atoms with E-state index in [1.807, 2.05) is 0 Å². The van der Waals surface area contributed by atoms with E-state index in [-0.39, 0.29) is 4.90 Å². The summed E-state index contributed by atoms with van der Waals surface area (Å²) in [7, 11) is -3.64. The maximum atomic E-state index is 11.0. The second kappa shape index (κ2) is 3.95. The number of nitrogens with one attached hydrogen (secondary N) is 1. The Hall–Kier alpha value is -1.86. The molecule has 6 nitrogen and oxygen atoms in total. The Kier molecular flexibility index (Phi) is 2.63. The molecule has 0 radical (unpaired) electrons. The van der Waals surface area contributed by atoms with Crippen LogP contribution in [0.25, 0.3) is 0 Å². The summed E-state index contributed by atoms with van der Waals surface area (Å²) in [5, 5.41) is 11.5. The van der Waals surface area contributed by atoms with Gasteiger partial charge in [0.1, 0.15) is 6.26 Å². The number of benzene rings is 1. The van der Waals surface area contributed by atoms with E-state index < -0.39 is 10.0 Å². The van der Waals surface area contributed by atoms with E-state index in [1.165, 1.54) is 18.4 Å². The molecule has 0 fully saturated rings. The summed E-state index contributed by atoms with van der Waals surface area (Å²) in [6.07, 6.45) is 1.43. The number of hydrogen-bond donors (Lipinski definition) is 2. The molecule has 0 amide bonds. The van der Waals surface area contributed by atoms with Crippen LogP contribution in [0.1, 0.15) is 0 Å². The molecule has 1 aromatic heterocycles. The second-order valence-electron chi connectivity index (χ2n) is 3.08. The first-order valence-corrected chi connectivity index (χ1v) is 5.90. The van der Waals surface area contributed by atoms with Crippen molar-refractivity contribution in [3.8, 4) is 0 Å². The molecule has 2 rings (SSSR count). The average Bonchev–Trinajstić information content (AvgIpc) is 2.70. The maximum absolute atomic E-state index is 11.0. The van der Waals surface area contributed by atoms with Gasteiger partial charge in [0.2, 0.25) is 10.0 Å². The van der Waals surface area contributed by atoms with E-state index in [2.05, 4.69) is 15.0 Å². The molecule has 0 aliphatic rings. The number of nitrogens with zero attached hydrogens (tertiary/aromatic N) is 1. The first-order chi connectivity index (χ1) is 7.55. The third kappa shape index (κ3) is 2.38. The van der Waals surface area contributed by atoms with Crippen LogP contribution >= 0.6 is 0 Å². The zero-order valence-corrected chi connectivity index (χ0v) is 8.94. The summed E-state index contributed by atoms with van der Waals surface area (Å²) in [5.41, 5.74) is 0.696. The highest BCUT2D eigenvalue weighted by Crippen LogP contribution is 2.16. The van der Waals surface area contributed by atoms with Crippen LogP contribution in [0.2, 0.25) is 0 Å². The van der Waals surface area contributed by atoms with Crippen molar-refractivity contribution >= 4 is 21.5 Å². The van der Waals surface area contributed by atoms with Crippen LogP contribution in [-0.4, -0.2) is 13.6 Å². The fourth-order valence-electron chi connectivity index (χ4n) is 1.15. The minimum absolute atomic E-state index is 0.0678. The Bertz CT molecular complexity index is 561. The number of primary sulfonamides is 1. The van der Waals surface area contributed by atoms with Gasteiger partial charge in [0, 0.05) is 11.8 Å². The number of aromatic nitrogens is 1. The third-order valence-corrected chi connectivity index (χ3v) is 2.82. The molecule has 16 heavy (non-hydrogen) atoms. The van der Waals surface area contributed by atoms with Crippen LogP contribution in [0, 0.1) is 0 Å². The van der Waals surface area contributed by atoms with E-state index in [0.717, 1.165) is 0 Å². The number of sulfonamides is 1. The quantitative estimate of drug-likeness (QED) is 0.834. The Labute approximate surface area is 92.1 Å². The zero-order valence-electron chi connectivity index (χ0n) is 8.12. The molecule has 2 aromatic rings. The lowest BCUT2D eigenvalue weighted by molar-refractivity contribution is 0.423. The molecule has 7 heteroatoms. The van der Waals surface area contributed by atoms with Crippen LogP contribution in [0.4, 0.5) is 11.5 Å². The van der Waals surface area contributed by atoms with Gasteiger partial charge in [-0.3, -0.25) is 0 Å². The van der Waals surface area contributed by atoms with Gasteiger partial charge in [0.15, 0.2) is 5.82 Å². The lowest BCUT2D eigenvalue weighted by Gasteiger charge is -2.02. The van der Waals surface area contributed by atoms with Gasteiger partial charge in [-0.05, 0) is 24.3 Å². The van der Waals surface area contributed by atoms with Crippen molar-refractivity contribution in [3.05, 3.63) is 36.6 Å². The van der Waals surface area contributed by atoms with Gasteiger partial charge in [0.25, 0.3) is 0 Å². The highest BCUT2D eigenvalue weighted by atomic mass is 32.2. The predicted molar refractivity (Wildman–Crippen MR) is 57.6 cm³/mol. The fourth-order valence-corrected chi connectivity index (χ4v) is 1.67. The van der Waals surface area contributed by atoms with Gasteiger partial charge in [-0.2, -0.15) is 0 Å². The highest BCUT2D eigenvalue weighted by Gasteiger charge is 2.06. The highest BCUT2D eigenvalue weighted by molar-refractivity contribution is 7.89. The van der Waals surface area contributed by atoms with E-state index in [4.69, 9.17) is 5.14 Å². The lowest BCUT2D eigenvalue weighted by Crippen LogP contribution is -2.11. The van der Waals surface area contributed by atoms with Gasteiger partial charge in [-0.15, -0.1) is 0 Å². The van der Waals surface area contributed by atoms with Crippen molar-refractivity contribution in [1.82, 2.24) is 5.16 Å². The van der Waals surface area contributed by atoms with Crippen LogP contribution in [-0.2, 0) is 10.0 Å². The molecular weight excluding hydrogens is 230 g/mol. The average molecular weight is 239 g/mol. The molecule has 0 saturated carbocycles. The molecule has 0 spiro atoms. The molecule has 1 aromatic carbocycles. The number of hydrogen-bond acceptors (Lipinski definition) is 5. The predicted octanol–water partition coefficient (Wildman–Crippen LogP) is 1.07. The number of nitrogens with two attached hydrogens (primary N) is 1. The van der Waals surface area contributed by atoms with Crippen LogP contribution in [0.3, 0.4) is 0 Å². The van der Waals surface area contributed by atoms with E-state index in [1.54, 1.807) is 18.2 Å². The van der Waals surface area contributed by atoms with E-state index in [9.17, 15) is 8.42 Å². The zero-order chi connectivity index (χ0) is 11.6. The Morgan fingerprint density at radius 1 is 1.19 bits per heavy atom. The monoisotopic (exact) mass is 239 g/mol. The van der Waals surface area contributed by atoms with Gasteiger partial charge < -0.3 is 9.84 Å². The van der Waals surface area contributed by atoms with Crippen molar-refractivity contribution in [2.75, 3.05) is 5.32 Å². The minimum atomic E-state index is -3.64. The molecule has 0 atom stereocenters. The topological polar surface area (TPSA) is 98.2 Å². The Morgan fingerprint density at radius 2 is 1.88 bits per heavy atom. The maximum Gasteiger partial charge on any atom is 0.238 e. The Balaban J connectivity index is 2.20. The molecule has 0 aliphatic heterocycles. The first-order valence-electron chi connectivity index (χ1n) is 4.36. The van der Waals surface area contributed by atoms with E-state index in [0.29, 0.717) is 11.5 Å². The van der Waals surface area contributed by atoms with Crippen LogP contribution in [0.15, 0.2) is 46.0 Å². The fraction of sp³-hybridized carbons (Fsp3) is 0. The van der Waals surface area contributed by atoms with E-state index >= 15 is 0 Å². The first kappa shape index (κ1) is 10.7. The molecule has 0 unspecified atom stereocenters. The van der Waals surface area contributed by atoms with Crippen molar-refractivity contribution < 1.29 is 12.9 Å². The van der Waals surface area contributed by atoms with Gasteiger partial charge in [-0.25, -0.2) is 13.6 Å². The second-order valence-corrected chi connectivity index (χ2v) is 4.64. The van der Waals surface area contributed by atoms with Crippen LogP contribution < -0.4 is 10.5 Å². The lowest BCUT2D eigenvalue weighted by atomic mass is 10.3. The summed E-state index contributed by atoms with van der Waals surface area (Å²) in [5.74, 6) is 0.545. The van der Waals surface area contributed by atoms with Crippen molar-refractivity contribution in [3.63, 3.8) is 0 Å². The normalized spacial score (nSPS) is 11.3. The molecule has 0 saturated heterocycles. The summed E-state index contributed by atoms with van der Waals surface area (Å²) in [6, 6.07) is 7.66. The van der Waals surface area contributed by atoms with Gasteiger partial charge in [0.05, 0.1) is 4.90 Å². The number of rotatable bonds is 3. The molecule has 0 aliphatic carbocycles. The van der Waals surface area contributed by atoms with Crippen molar-refractivity contribution in [2.24, 2.45) is 5.14 Å². The summed E-state index contributed by atoms with van der Waals surface area (Å²) in [6.45, 7) is 0. The molecule has 0 bridgehead atoms. The largest absolute Gasteiger partial charge is 0.363 e. The Morgan fingerprint density at radius 3 is 2.38 bits per heavy atom.